The van der Waals surface area contributed by atoms with Crippen LogP contribution >= 0.6 is 0 Å². The van der Waals surface area contributed by atoms with Crippen LogP contribution in [-0.2, 0) is 19.1 Å². The van der Waals surface area contributed by atoms with Crippen molar-refractivity contribution in [2.45, 2.75) is 65.2 Å². The SMILES string of the molecule is CC(=O)OCC(=O)[C@H]1CC[C@H]2[C@@H]3CCC4=CC(=O)CC[C@@]4(CO)[C@H]3CC[C@]12C. The van der Waals surface area contributed by atoms with Gasteiger partial charge in [-0.2, -0.15) is 0 Å². The van der Waals surface area contributed by atoms with Gasteiger partial charge in [0.05, 0.1) is 6.61 Å². The Labute approximate surface area is 166 Å². The molecule has 5 heteroatoms. The van der Waals surface area contributed by atoms with Gasteiger partial charge in [-0.3, -0.25) is 14.4 Å². The number of hydrogen-bond acceptors (Lipinski definition) is 5. The Morgan fingerprint density at radius 3 is 2.64 bits per heavy atom. The minimum Gasteiger partial charge on any atom is -0.458 e. The molecular weight excluding hydrogens is 356 g/mol. The van der Waals surface area contributed by atoms with Gasteiger partial charge in [-0.1, -0.05) is 12.5 Å². The van der Waals surface area contributed by atoms with Gasteiger partial charge in [0, 0.05) is 24.7 Å². The van der Waals surface area contributed by atoms with Crippen molar-refractivity contribution in [3.8, 4) is 0 Å². The van der Waals surface area contributed by atoms with E-state index in [1.54, 1.807) is 0 Å². The molecule has 28 heavy (non-hydrogen) atoms. The highest BCUT2D eigenvalue weighted by molar-refractivity contribution is 5.91. The predicted molar refractivity (Wildman–Crippen MR) is 103 cm³/mol. The number of carbonyl (C=O) groups excluding carboxylic acids is 3. The van der Waals surface area contributed by atoms with Crippen LogP contribution in [0.25, 0.3) is 0 Å². The summed E-state index contributed by atoms with van der Waals surface area (Å²) in [5, 5.41) is 10.4. The summed E-state index contributed by atoms with van der Waals surface area (Å²) in [4.78, 5) is 35.9. The summed E-state index contributed by atoms with van der Waals surface area (Å²) >= 11 is 0. The Morgan fingerprint density at radius 1 is 1.14 bits per heavy atom. The molecule has 3 fully saturated rings. The van der Waals surface area contributed by atoms with Gasteiger partial charge >= 0.3 is 5.97 Å². The van der Waals surface area contributed by atoms with Gasteiger partial charge in [0.25, 0.3) is 0 Å². The molecule has 0 saturated heterocycles. The van der Waals surface area contributed by atoms with E-state index in [9.17, 15) is 19.5 Å². The van der Waals surface area contributed by atoms with Crippen molar-refractivity contribution in [3.63, 3.8) is 0 Å². The topological polar surface area (TPSA) is 80.7 Å². The van der Waals surface area contributed by atoms with Crippen LogP contribution in [0.4, 0.5) is 0 Å². The number of ether oxygens (including phenoxy) is 1. The first-order chi connectivity index (χ1) is 13.3. The van der Waals surface area contributed by atoms with Gasteiger partial charge in [-0.15, -0.1) is 0 Å². The molecular formula is C23H32O5. The minimum absolute atomic E-state index is 0.0345. The number of aliphatic hydroxyl groups is 1. The predicted octanol–water partition coefficient (Wildman–Crippen LogP) is 3.24. The van der Waals surface area contributed by atoms with E-state index >= 15 is 0 Å². The Kier molecular flexibility index (Phi) is 5.01. The van der Waals surface area contributed by atoms with Gasteiger partial charge in [0.15, 0.2) is 11.6 Å². The van der Waals surface area contributed by atoms with E-state index in [1.165, 1.54) is 12.5 Å². The van der Waals surface area contributed by atoms with Crippen LogP contribution < -0.4 is 0 Å². The van der Waals surface area contributed by atoms with Crippen LogP contribution in [-0.4, -0.2) is 35.9 Å². The molecule has 4 rings (SSSR count). The molecule has 0 aromatic heterocycles. The molecule has 4 aliphatic carbocycles. The maximum Gasteiger partial charge on any atom is 0.303 e. The van der Waals surface area contributed by atoms with Crippen molar-refractivity contribution >= 4 is 17.5 Å². The highest BCUT2D eigenvalue weighted by Crippen LogP contribution is 2.66. The molecule has 0 amide bonds. The number of ketones is 2. The number of aliphatic hydroxyl groups excluding tert-OH is 1. The summed E-state index contributed by atoms with van der Waals surface area (Å²) < 4.78 is 5.00. The third-order valence-corrected chi connectivity index (χ3v) is 8.77. The zero-order chi connectivity index (χ0) is 20.1. The highest BCUT2D eigenvalue weighted by atomic mass is 16.5. The van der Waals surface area contributed by atoms with Gasteiger partial charge in [0.1, 0.15) is 6.61 Å². The normalized spacial score (nSPS) is 42.1. The van der Waals surface area contributed by atoms with Crippen LogP contribution in [0.2, 0.25) is 0 Å². The summed E-state index contributed by atoms with van der Waals surface area (Å²) in [6.45, 7) is 3.63. The monoisotopic (exact) mass is 388 g/mol. The van der Waals surface area contributed by atoms with Crippen LogP contribution in [0.3, 0.4) is 0 Å². The Morgan fingerprint density at radius 2 is 1.93 bits per heavy atom. The van der Waals surface area contributed by atoms with Crippen molar-refractivity contribution in [1.82, 2.24) is 0 Å². The van der Waals surface area contributed by atoms with E-state index in [-0.39, 0.29) is 41.5 Å². The van der Waals surface area contributed by atoms with Crippen molar-refractivity contribution in [2.24, 2.45) is 34.5 Å². The summed E-state index contributed by atoms with van der Waals surface area (Å²) in [5.74, 6) is 1.21. The van der Waals surface area contributed by atoms with Crippen molar-refractivity contribution in [1.29, 1.82) is 0 Å². The Hall–Kier alpha value is -1.49. The van der Waals surface area contributed by atoms with Gasteiger partial charge in [-0.05, 0) is 74.2 Å². The third kappa shape index (κ3) is 2.89. The number of hydrogen-bond donors (Lipinski definition) is 1. The molecule has 0 heterocycles. The summed E-state index contributed by atoms with van der Waals surface area (Å²) in [6, 6.07) is 0. The molecule has 0 bridgehead atoms. The zero-order valence-electron chi connectivity index (χ0n) is 17.0. The summed E-state index contributed by atoms with van der Waals surface area (Å²) in [5.41, 5.74) is 0.912. The lowest BCUT2D eigenvalue weighted by Gasteiger charge is -2.58. The standard InChI is InChI=1S/C23H32O5/c1-14(25)28-12-21(27)20-6-5-18-17-4-3-15-11-16(26)7-10-23(15,13-24)19(17)8-9-22(18,20)2/h11,17-20,24H,3-10,12-13H2,1-2H3/t17-,18-,19-,20+,22-,23-/m0/s1. The average molecular weight is 389 g/mol. The first-order valence-electron chi connectivity index (χ1n) is 10.8. The second kappa shape index (κ2) is 7.08. The fourth-order valence-corrected chi connectivity index (χ4v) is 7.46. The highest BCUT2D eigenvalue weighted by Gasteiger charge is 2.61. The van der Waals surface area contributed by atoms with E-state index < -0.39 is 5.97 Å². The Bertz CT molecular complexity index is 725. The largest absolute Gasteiger partial charge is 0.458 e. The molecule has 3 saturated carbocycles. The molecule has 1 N–H and O–H groups in total. The summed E-state index contributed by atoms with van der Waals surface area (Å²) in [7, 11) is 0. The Balaban J connectivity index is 1.58. The number of rotatable bonds is 4. The fourth-order valence-electron chi connectivity index (χ4n) is 7.46. The minimum atomic E-state index is -0.403. The lowest BCUT2D eigenvalue weighted by Crippen LogP contribution is -2.53. The van der Waals surface area contributed by atoms with Crippen molar-refractivity contribution in [3.05, 3.63) is 11.6 Å². The van der Waals surface area contributed by atoms with E-state index in [2.05, 4.69) is 6.92 Å². The molecule has 0 radical (unpaired) electrons. The van der Waals surface area contributed by atoms with E-state index in [0.29, 0.717) is 24.2 Å². The maximum absolute atomic E-state index is 12.8. The number of fused-ring (bicyclic) bond motifs is 5. The molecule has 0 aromatic carbocycles. The fraction of sp³-hybridized carbons (Fsp3) is 0.783. The van der Waals surface area contributed by atoms with Gasteiger partial charge < -0.3 is 9.84 Å². The number of Topliss-reactive ketones (excluding diaryl/α,β-unsaturated/α-hetero) is 1. The lowest BCUT2D eigenvalue weighted by atomic mass is 9.46. The molecule has 0 aromatic rings. The molecule has 6 atom stereocenters. The second-order valence-electron chi connectivity index (χ2n) is 9.79. The molecule has 0 unspecified atom stereocenters. The summed E-state index contributed by atoms with van der Waals surface area (Å²) in [6.07, 6.45) is 8.96. The van der Waals surface area contributed by atoms with Gasteiger partial charge in [-0.25, -0.2) is 0 Å². The first kappa shape index (κ1) is 19.8. The molecule has 5 nitrogen and oxygen atoms in total. The van der Waals surface area contributed by atoms with Gasteiger partial charge in [0.2, 0.25) is 0 Å². The van der Waals surface area contributed by atoms with E-state index in [0.717, 1.165) is 44.9 Å². The van der Waals surface area contributed by atoms with Crippen LogP contribution in [0.5, 0.6) is 0 Å². The smallest absolute Gasteiger partial charge is 0.303 e. The molecule has 154 valence electrons. The molecule has 0 spiro atoms. The van der Waals surface area contributed by atoms with E-state index in [4.69, 9.17) is 4.74 Å². The van der Waals surface area contributed by atoms with E-state index in [1.807, 2.05) is 6.08 Å². The lowest BCUT2D eigenvalue weighted by molar-refractivity contribution is -0.149. The number of esters is 1. The van der Waals surface area contributed by atoms with Crippen molar-refractivity contribution < 1.29 is 24.2 Å². The van der Waals surface area contributed by atoms with Crippen LogP contribution in [0.15, 0.2) is 11.6 Å². The molecule has 0 aliphatic heterocycles. The second-order valence-corrected chi connectivity index (χ2v) is 9.79. The van der Waals surface area contributed by atoms with Crippen LogP contribution in [0.1, 0.15) is 65.2 Å². The quantitative estimate of drug-likeness (QED) is 0.748. The first-order valence-corrected chi connectivity index (χ1v) is 10.8. The maximum atomic E-state index is 12.8. The van der Waals surface area contributed by atoms with Crippen LogP contribution in [0, 0.1) is 34.5 Å². The average Bonchev–Trinajstić information content (AvgIpc) is 3.03. The zero-order valence-corrected chi connectivity index (χ0v) is 17.0. The number of carbonyl (C=O) groups is 3. The molecule has 4 aliphatic rings. The third-order valence-electron chi connectivity index (χ3n) is 8.77. The van der Waals surface area contributed by atoms with Crippen molar-refractivity contribution in [2.75, 3.05) is 13.2 Å².